The first-order valence-corrected chi connectivity index (χ1v) is 8.50. The number of aryl methyl sites for hydroxylation is 1. The quantitative estimate of drug-likeness (QED) is 0.574. The lowest BCUT2D eigenvalue weighted by Crippen LogP contribution is -2.05. The number of nitrogens with one attached hydrogen (secondary N) is 1. The number of aromatic nitrogens is 1. The zero-order valence-corrected chi connectivity index (χ0v) is 15.3. The van der Waals surface area contributed by atoms with Crippen molar-refractivity contribution in [2.45, 2.75) is 13.8 Å². The van der Waals surface area contributed by atoms with Gasteiger partial charge >= 0.3 is 0 Å². The van der Waals surface area contributed by atoms with Crippen LogP contribution in [-0.4, -0.2) is 10.8 Å². The fourth-order valence-corrected chi connectivity index (χ4v) is 2.97. The van der Waals surface area contributed by atoms with E-state index < -0.39 is 0 Å². The lowest BCUT2D eigenvalue weighted by molar-refractivity contribution is 0.103. The molecule has 3 aromatic rings. The Labute approximate surface area is 156 Å². The highest BCUT2D eigenvalue weighted by atomic mass is 35.5. The molecule has 0 unspecified atom stereocenters. The van der Waals surface area contributed by atoms with Crippen molar-refractivity contribution in [2.75, 3.05) is 5.32 Å². The molecule has 0 spiro atoms. The van der Waals surface area contributed by atoms with E-state index >= 15 is 0 Å². The number of hydrogen-bond donors (Lipinski definition) is 1. The van der Waals surface area contributed by atoms with E-state index in [1.54, 1.807) is 36.5 Å². The van der Waals surface area contributed by atoms with Crippen LogP contribution in [0.5, 0.6) is 0 Å². The van der Waals surface area contributed by atoms with Gasteiger partial charge in [-0.15, -0.1) is 0 Å². The van der Waals surface area contributed by atoms with Crippen LogP contribution in [-0.2, 0) is 0 Å². The van der Waals surface area contributed by atoms with Crippen molar-refractivity contribution in [3.8, 4) is 0 Å². The van der Waals surface area contributed by atoms with Crippen molar-refractivity contribution < 1.29 is 4.79 Å². The summed E-state index contributed by atoms with van der Waals surface area (Å²) in [5.74, 6) is 0.575. The Morgan fingerprint density at radius 2 is 1.76 bits per heavy atom. The minimum Gasteiger partial charge on any atom is -0.340 e. The largest absolute Gasteiger partial charge is 0.340 e. The second kappa shape index (κ2) is 7.26. The number of benzene rings is 2. The zero-order chi connectivity index (χ0) is 18.0. The van der Waals surface area contributed by atoms with Crippen LogP contribution in [0.2, 0.25) is 10.0 Å². The number of halogens is 2. The summed E-state index contributed by atoms with van der Waals surface area (Å²) in [6, 6.07) is 14.4. The summed E-state index contributed by atoms with van der Waals surface area (Å²) < 4.78 is 0. The third-order valence-electron chi connectivity index (χ3n) is 3.91. The average Bonchev–Trinajstić information content (AvgIpc) is 2.57. The van der Waals surface area contributed by atoms with Crippen LogP contribution in [0.4, 0.5) is 11.5 Å². The maximum atomic E-state index is 12.8. The number of carbonyl (C=O) groups excluding carboxylic acids is 1. The minimum atomic E-state index is -0.148. The number of hydrogen-bond acceptors (Lipinski definition) is 3. The fourth-order valence-electron chi connectivity index (χ4n) is 2.53. The maximum Gasteiger partial charge on any atom is 0.194 e. The summed E-state index contributed by atoms with van der Waals surface area (Å²) in [6.45, 7) is 3.82. The highest BCUT2D eigenvalue weighted by molar-refractivity contribution is 6.36. The zero-order valence-electron chi connectivity index (χ0n) is 13.8. The molecule has 2 aromatic carbocycles. The average molecular weight is 371 g/mol. The molecule has 0 saturated heterocycles. The van der Waals surface area contributed by atoms with E-state index in [0.717, 1.165) is 22.6 Å². The van der Waals surface area contributed by atoms with Gasteiger partial charge in [-0.25, -0.2) is 4.98 Å². The van der Waals surface area contributed by atoms with Crippen LogP contribution in [0.1, 0.15) is 27.0 Å². The third-order valence-corrected chi connectivity index (χ3v) is 4.64. The van der Waals surface area contributed by atoms with Crippen molar-refractivity contribution in [1.82, 2.24) is 4.98 Å². The summed E-state index contributed by atoms with van der Waals surface area (Å²) in [5, 5.41) is 4.12. The van der Waals surface area contributed by atoms with Crippen LogP contribution in [0, 0.1) is 13.8 Å². The van der Waals surface area contributed by atoms with Crippen LogP contribution in [0.15, 0.2) is 54.7 Å². The summed E-state index contributed by atoms with van der Waals surface area (Å²) in [5.41, 5.74) is 3.61. The van der Waals surface area contributed by atoms with Crippen molar-refractivity contribution in [2.24, 2.45) is 0 Å². The second-order valence-corrected chi connectivity index (χ2v) is 6.59. The SMILES string of the molecule is Cc1ccnc(Nc2ccc(C(=O)c3cccc(Cl)c3C)c(Cl)c2)c1. The van der Waals surface area contributed by atoms with Gasteiger partial charge in [0.15, 0.2) is 5.78 Å². The number of nitrogens with zero attached hydrogens (tertiary/aromatic N) is 1. The Morgan fingerprint density at radius 3 is 2.48 bits per heavy atom. The molecule has 0 aliphatic carbocycles. The molecule has 0 aliphatic heterocycles. The highest BCUT2D eigenvalue weighted by Gasteiger charge is 2.16. The van der Waals surface area contributed by atoms with E-state index in [9.17, 15) is 4.79 Å². The smallest absolute Gasteiger partial charge is 0.194 e. The Bertz CT molecular complexity index is 954. The topological polar surface area (TPSA) is 42.0 Å². The lowest BCUT2D eigenvalue weighted by Gasteiger charge is -2.11. The molecule has 0 radical (unpaired) electrons. The molecule has 1 heterocycles. The van der Waals surface area contributed by atoms with Gasteiger partial charge in [-0.05, 0) is 61.4 Å². The summed E-state index contributed by atoms with van der Waals surface area (Å²) in [4.78, 5) is 17.0. The van der Waals surface area contributed by atoms with E-state index in [-0.39, 0.29) is 5.78 Å². The minimum absolute atomic E-state index is 0.148. The Morgan fingerprint density at radius 1 is 0.960 bits per heavy atom. The van der Waals surface area contributed by atoms with Gasteiger partial charge in [-0.1, -0.05) is 35.3 Å². The van der Waals surface area contributed by atoms with E-state index in [2.05, 4.69) is 10.3 Å². The van der Waals surface area contributed by atoms with Gasteiger partial charge in [0.25, 0.3) is 0 Å². The molecule has 0 saturated carbocycles. The molecule has 3 rings (SSSR count). The fraction of sp³-hybridized carbons (Fsp3) is 0.100. The van der Waals surface area contributed by atoms with Gasteiger partial charge in [0.2, 0.25) is 0 Å². The number of pyridine rings is 1. The van der Waals surface area contributed by atoms with Crippen molar-refractivity contribution in [3.05, 3.63) is 87.0 Å². The molecule has 126 valence electrons. The van der Waals surface area contributed by atoms with Crippen molar-refractivity contribution in [3.63, 3.8) is 0 Å². The number of carbonyl (C=O) groups is 1. The normalized spacial score (nSPS) is 10.6. The molecular formula is C20H16Cl2N2O. The predicted molar refractivity (Wildman–Crippen MR) is 103 cm³/mol. The van der Waals surface area contributed by atoms with Gasteiger partial charge in [0, 0.05) is 28.0 Å². The lowest BCUT2D eigenvalue weighted by atomic mass is 9.99. The number of anilines is 2. The molecule has 0 atom stereocenters. The molecule has 3 nitrogen and oxygen atoms in total. The van der Waals surface area contributed by atoms with Crippen molar-refractivity contribution in [1.29, 1.82) is 0 Å². The van der Waals surface area contributed by atoms with Crippen molar-refractivity contribution >= 4 is 40.5 Å². The molecule has 0 bridgehead atoms. The molecule has 0 aliphatic rings. The monoisotopic (exact) mass is 370 g/mol. The standard InChI is InChI=1S/C20H16Cl2N2O/c1-12-8-9-23-19(10-12)24-14-6-7-16(18(22)11-14)20(25)15-4-3-5-17(21)13(15)2/h3-11H,1-2H3,(H,23,24). The van der Waals surface area contributed by atoms with E-state index in [1.165, 1.54) is 0 Å². The first-order chi connectivity index (χ1) is 12.0. The third kappa shape index (κ3) is 3.84. The van der Waals surface area contributed by atoms with Gasteiger partial charge in [-0.2, -0.15) is 0 Å². The van der Waals surface area contributed by atoms with Crippen LogP contribution < -0.4 is 5.32 Å². The van der Waals surface area contributed by atoms with Gasteiger partial charge in [-0.3, -0.25) is 4.79 Å². The van der Waals surface area contributed by atoms with Gasteiger partial charge < -0.3 is 5.32 Å². The highest BCUT2D eigenvalue weighted by Crippen LogP contribution is 2.28. The summed E-state index contributed by atoms with van der Waals surface area (Å²) in [6.07, 6.45) is 1.74. The molecule has 0 amide bonds. The van der Waals surface area contributed by atoms with Gasteiger partial charge in [0.05, 0.1) is 5.02 Å². The van der Waals surface area contributed by atoms with Crippen LogP contribution in [0.25, 0.3) is 0 Å². The Hall–Kier alpha value is -2.36. The Kier molecular flexibility index (Phi) is 5.07. The van der Waals surface area contributed by atoms with Crippen LogP contribution >= 0.6 is 23.2 Å². The number of ketones is 1. The predicted octanol–water partition coefficient (Wildman–Crippen LogP) is 5.98. The first kappa shape index (κ1) is 17.5. The number of rotatable bonds is 4. The van der Waals surface area contributed by atoms with Crippen LogP contribution in [0.3, 0.4) is 0 Å². The van der Waals surface area contributed by atoms with E-state index in [0.29, 0.717) is 21.2 Å². The molecule has 5 heteroatoms. The molecular weight excluding hydrogens is 355 g/mol. The molecule has 0 fully saturated rings. The molecule has 1 aromatic heterocycles. The van der Waals surface area contributed by atoms with Gasteiger partial charge in [0.1, 0.15) is 5.82 Å². The van der Waals surface area contributed by atoms with E-state index in [4.69, 9.17) is 23.2 Å². The molecule has 1 N–H and O–H groups in total. The summed E-state index contributed by atoms with van der Waals surface area (Å²) >= 11 is 12.5. The Balaban J connectivity index is 1.89. The molecule has 25 heavy (non-hydrogen) atoms. The second-order valence-electron chi connectivity index (χ2n) is 5.78. The van der Waals surface area contributed by atoms with E-state index in [1.807, 2.05) is 32.0 Å². The maximum absolute atomic E-state index is 12.8. The first-order valence-electron chi connectivity index (χ1n) is 7.75. The summed E-state index contributed by atoms with van der Waals surface area (Å²) in [7, 11) is 0.